The van der Waals surface area contributed by atoms with E-state index in [9.17, 15) is 0 Å². The molecule has 0 radical (unpaired) electrons. The number of anilines is 1. The van der Waals surface area contributed by atoms with Gasteiger partial charge in [-0.2, -0.15) is 11.8 Å². The lowest BCUT2D eigenvalue weighted by Gasteiger charge is -2.23. The standard InChI is InChI=1S/C11H15N5S/c1-11(3-2-6-17-11)7-13-9-10-15-14-8-16(10)5-4-12-9/h4-5,8H,2-3,6-7H2,1H3,(H,12,13). The van der Waals surface area contributed by atoms with E-state index in [-0.39, 0.29) is 0 Å². The van der Waals surface area contributed by atoms with Crippen molar-refractivity contribution in [3.05, 3.63) is 18.7 Å². The van der Waals surface area contributed by atoms with Gasteiger partial charge in [-0.1, -0.05) is 0 Å². The van der Waals surface area contributed by atoms with Gasteiger partial charge in [0.05, 0.1) is 0 Å². The maximum Gasteiger partial charge on any atom is 0.203 e. The molecule has 1 aliphatic rings. The molecule has 0 bridgehead atoms. The van der Waals surface area contributed by atoms with E-state index in [1.165, 1.54) is 18.6 Å². The monoisotopic (exact) mass is 249 g/mol. The number of hydrogen-bond donors (Lipinski definition) is 1. The summed E-state index contributed by atoms with van der Waals surface area (Å²) in [5, 5.41) is 11.4. The molecule has 1 unspecified atom stereocenters. The molecule has 3 rings (SSSR count). The lowest BCUT2D eigenvalue weighted by Crippen LogP contribution is -2.27. The van der Waals surface area contributed by atoms with Crippen molar-refractivity contribution in [2.24, 2.45) is 0 Å². The normalized spacial score (nSPS) is 24.3. The van der Waals surface area contributed by atoms with E-state index in [0.29, 0.717) is 4.75 Å². The fraction of sp³-hybridized carbons (Fsp3) is 0.545. The Labute approximate surface area is 104 Å². The number of rotatable bonds is 3. The van der Waals surface area contributed by atoms with Crippen LogP contribution in [0.5, 0.6) is 0 Å². The van der Waals surface area contributed by atoms with Crippen LogP contribution < -0.4 is 5.32 Å². The number of thioether (sulfide) groups is 1. The Bertz CT molecular complexity index is 517. The molecular weight excluding hydrogens is 234 g/mol. The molecule has 5 nitrogen and oxygen atoms in total. The SMILES string of the molecule is CC1(CNc2nccn3cnnc23)CCCS1. The molecule has 17 heavy (non-hydrogen) atoms. The fourth-order valence-electron chi connectivity index (χ4n) is 2.13. The lowest BCUT2D eigenvalue weighted by atomic mass is 10.1. The van der Waals surface area contributed by atoms with Crippen molar-refractivity contribution in [3.8, 4) is 0 Å². The van der Waals surface area contributed by atoms with Gasteiger partial charge in [0.2, 0.25) is 5.65 Å². The highest BCUT2D eigenvalue weighted by Crippen LogP contribution is 2.37. The number of nitrogens with one attached hydrogen (secondary N) is 1. The quantitative estimate of drug-likeness (QED) is 0.899. The van der Waals surface area contributed by atoms with E-state index >= 15 is 0 Å². The predicted octanol–water partition coefficient (Wildman–Crippen LogP) is 1.82. The van der Waals surface area contributed by atoms with Gasteiger partial charge in [-0.05, 0) is 25.5 Å². The van der Waals surface area contributed by atoms with Gasteiger partial charge in [0, 0.05) is 23.7 Å². The van der Waals surface area contributed by atoms with Crippen LogP contribution in [0, 0.1) is 0 Å². The lowest BCUT2D eigenvalue weighted by molar-refractivity contribution is 0.634. The second-order valence-corrected chi connectivity index (χ2v) is 6.28. The van der Waals surface area contributed by atoms with Crippen LogP contribution in [-0.4, -0.2) is 36.6 Å². The molecule has 1 N–H and O–H groups in total. The van der Waals surface area contributed by atoms with Gasteiger partial charge < -0.3 is 5.32 Å². The third-order valence-corrected chi connectivity index (χ3v) is 4.68. The summed E-state index contributed by atoms with van der Waals surface area (Å²) in [7, 11) is 0. The highest BCUT2D eigenvalue weighted by molar-refractivity contribution is 8.00. The summed E-state index contributed by atoms with van der Waals surface area (Å²) in [6.07, 6.45) is 7.88. The van der Waals surface area contributed by atoms with Crippen LogP contribution in [0.25, 0.3) is 5.65 Å². The van der Waals surface area contributed by atoms with Crippen LogP contribution in [0.4, 0.5) is 5.82 Å². The first-order valence-electron chi connectivity index (χ1n) is 5.79. The maximum absolute atomic E-state index is 4.33. The smallest absolute Gasteiger partial charge is 0.203 e. The largest absolute Gasteiger partial charge is 0.366 e. The first kappa shape index (κ1) is 10.8. The molecule has 6 heteroatoms. The topological polar surface area (TPSA) is 55.1 Å². The molecule has 1 fully saturated rings. The van der Waals surface area contributed by atoms with Crippen molar-refractivity contribution < 1.29 is 0 Å². The minimum atomic E-state index is 0.328. The van der Waals surface area contributed by atoms with E-state index in [2.05, 4.69) is 27.4 Å². The molecule has 1 atom stereocenters. The Morgan fingerprint density at radius 1 is 1.59 bits per heavy atom. The summed E-state index contributed by atoms with van der Waals surface area (Å²) in [6, 6.07) is 0. The van der Waals surface area contributed by atoms with Crippen molar-refractivity contribution in [1.29, 1.82) is 0 Å². The van der Waals surface area contributed by atoms with E-state index < -0.39 is 0 Å². The zero-order chi connectivity index (χ0) is 11.7. The van der Waals surface area contributed by atoms with Crippen LogP contribution in [0.1, 0.15) is 19.8 Å². The van der Waals surface area contributed by atoms with Gasteiger partial charge in [-0.15, -0.1) is 10.2 Å². The second-order valence-electron chi connectivity index (χ2n) is 4.59. The van der Waals surface area contributed by atoms with Gasteiger partial charge in [0.1, 0.15) is 6.33 Å². The molecule has 1 aliphatic heterocycles. The van der Waals surface area contributed by atoms with Crippen molar-refractivity contribution in [3.63, 3.8) is 0 Å². The average Bonchev–Trinajstić information content (AvgIpc) is 2.95. The summed E-state index contributed by atoms with van der Waals surface area (Å²) in [5.74, 6) is 2.08. The molecule has 90 valence electrons. The van der Waals surface area contributed by atoms with E-state index in [1.807, 2.05) is 22.4 Å². The highest BCUT2D eigenvalue weighted by atomic mass is 32.2. The summed E-state index contributed by atoms with van der Waals surface area (Å²) < 4.78 is 2.20. The second kappa shape index (κ2) is 4.18. The minimum Gasteiger partial charge on any atom is -0.366 e. The minimum absolute atomic E-state index is 0.328. The molecule has 2 aromatic heterocycles. The van der Waals surface area contributed by atoms with Crippen molar-refractivity contribution in [1.82, 2.24) is 19.6 Å². The van der Waals surface area contributed by atoms with Gasteiger partial charge in [0.15, 0.2) is 5.82 Å². The molecule has 1 saturated heterocycles. The Morgan fingerprint density at radius 3 is 3.35 bits per heavy atom. The van der Waals surface area contributed by atoms with Crippen LogP contribution in [0.3, 0.4) is 0 Å². The van der Waals surface area contributed by atoms with Gasteiger partial charge in [-0.3, -0.25) is 4.40 Å². The molecule has 2 aromatic rings. The summed E-state index contributed by atoms with van der Waals surface area (Å²) in [6.45, 7) is 3.23. The Morgan fingerprint density at radius 2 is 2.53 bits per heavy atom. The molecule has 0 aliphatic carbocycles. The Hall–Kier alpha value is -1.30. The third-order valence-electron chi connectivity index (χ3n) is 3.15. The first-order valence-corrected chi connectivity index (χ1v) is 6.78. The van der Waals surface area contributed by atoms with E-state index in [0.717, 1.165) is 18.0 Å². The molecule has 0 spiro atoms. The summed E-state index contributed by atoms with van der Waals surface area (Å²) >= 11 is 2.04. The number of aromatic nitrogens is 4. The zero-order valence-electron chi connectivity index (χ0n) is 9.76. The number of hydrogen-bond acceptors (Lipinski definition) is 5. The van der Waals surface area contributed by atoms with Crippen LogP contribution in [0.15, 0.2) is 18.7 Å². The maximum atomic E-state index is 4.33. The fourth-order valence-corrected chi connectivity index (χ4v) is 3.37. The molecule has 0 amide bonds. The third kappa shape index (κ3) is 2.09. The van der Waals surface area contributed by atoms with Gasteiger partial charge in [0.25, 0.3) is 0 Å². The van der Waals surface area contributed by atoms with E-state index in [1.54, 1.807) is 12.5 Å². The van der Waals surface area contributed by atoms with Crippen LogP contribution in [0.2, 0.25) is 0 Å². The highest BCUT2D eigenvalue weighted by Gasteiger charge is 2.29. The van der Waals surface area contributed by atoms with Crippen molar-refractivity contribution in [2.45, 2.75) is 24.5 Å². The summed E-state index contributed by atoms with van der Waals surface area (Å²) in [5.41, 5.74) is 0.791. The molecule has 0 saturated carbocycles. The predicted molar refractivity (Wildman–Crippen MR) is 69.4 cm³/mol. The molecule has 3 heterocycles. The molecule has 0 aromatic carbocycles. The van der Waals surface area contributed by atoms with Crippen LogP contribution in [-0.2, 0) is 0 Å². The average molecular weight is 249 g/mol. The molecular formula is C11H15N5S. The van der Waals surface area contributed by atoms with Crippen molar-refractivity contribution in [2.75, 3.05) is 17.6 Å². The number of fused-ring (bicyclic) bond motifs is 1. The first-order chi connectivity index (χ1) is 8.27. The zero-order valence-corrected chi connectivity index (χ0v) is 10.6. The van der Waals surface area contributed by atoms with Gasteiger partial charge >= 0.3 is 0 Å². The number of nitrogens with zero attached hydrogens (tertiary/aromatic N) is 4. The van der Waals surface area contributed by atoms with E-state index in [4.69, 9.17) is 0 Å². The Balaban J connectivity index is 1.78. The summed E-state index contributed by atoms with van der Waals surface area (Å²) in [4.78, 5) is 4.33. The van der Waals surface area contributed by atoms with Gasteiger partial charge in [-0.25, -0.2) is 4.98 Å². The Kier molecular flexibility index (Phi) is 2.66. The van der Waals surface area contributed by atoms with Crippen LogP contribution >= 0.6 is 11.8 Å². The van der Waals surface area contributed by atoms with Crippen molar-refractivity contribution >= 4 is 23.2 Å².